The highest BCUT2D eigenvalue weighted by Gasteiger charge is 2.71. The van der Waals surface area contributed by atoms with E-state index < -0.39 is 44.1 Å². The van der Waals surface area contributed by atoms with Crippen molar-refractivity contribution in [3.05, 3.63) is 60.7 Å². The van der Waals surface area contributed by atoms with Crippen molar-refractivity contribution in [2.24, 2.45) is 5.92 Å². The minimum absolute atomic E-state index is 0.0968. The van der Waals surface area contributed by atoms with E-state index in [9.17, 15) is 5.11 Å². The van der Waals surface area contributed by atoms with Crippen molar-refractivity contribution in [2.75, 3.05) is 27.1 Å². The van der Waals surface area contributed by atoms with Gasteiger partial charge in [0.05, 0.1) is 12.7 Å². The van der Waals surface area contributed by atoms with Crippen LogP contribution in [0.25, 0.3) is 0 Å². The van der Waals surface area contributed by atoms with Crippen LogP contribution in [0.15, 0.2) is 60.7 Å². The molecule has 3 fully saturated rings. The highest BCUT2D eigenvalue weighted by Crippen LogP contribution is 2.53. The second kappa shape index (κ2) is 9.84. The van der Waals surface area contributed by atoms with Crippen molar-refractivity contribution >= 4 is 18.7 Å². The molecule has 8 heteroatoms. The minimum atomic E-state index is -2.81. The molecule has 0 amide bonds. The molecule has 7 nitrogen and oxygen atoms in total. The number of fused-ring (bicyclic) bond motifs is 1. The van der Waals surface area contributed by atoms with Crippen LogP contribution in [0, 0.1) is 5.92 Å². The van der Waals surface area contributed by atoms with Gasteiger partial charge >= 0.3 is 0 Å². The van der Waals surface area contributed by atoms with Crippen molar-refractivity contribution in [3.8, 4) is 0 Å². The molecule has 202 valence electrons. The highest BCUT2D eigenvalue weighted by atomic mass is 28.4. The molecule has 1 aliphatic carbocycles. The van der Waals surface area contributed by atoms with E-state index in [1.807, 2.05) is 26.0 Å². The molecular weight excluding hydrogens is 488 g/mol. The number of aliphatic hydroxyl groups is 1. The maximum atomic E-state index is 11.5. The largest absolute Gasteiger partial charge is 0.407 e. The van der Waals surface area contributed by atoms with Gasteiger partial charge in [-0.25, -0.2) is 0 Å². The lowest BCUT2D eigenvalue weighted by Gasteiger charge is -2.48. The Morgan fingerprint density at radius 1 is 0.946 bits per heavy atom. The van der Waals surface area contributed by atoms with Crippen molar-refractivity contribution in [1.29, 1.82) is 0 Å². The van der Waals surface area contributed by atoms with Gasteiger partial charge in [-0.1, -0.05) is 81.4 Å². The lowest BCUT2D eigenvalue weighted by Crippen LogP contribution is -2.69. The van der Waals surface area contributed by atoms with Gasteiger partial charge in [0.25, 0.3) is 8.32 Å². The van der Waals surface area contributed by atoms with Gasteiger partial charge in [0.15, 0.2) is 5.79 Å². The number of benzene rings is 2. The van der Waals surface area contributed by atoms with E-state index in [1.165, 1.54) is 10.4 Å². The summed E-state index contributed by atoms with van der Waals surface area (Å²) in [6.07, 6.45) is -2.31. The molecule has 2 saturated heterocycles. The fraction of sp³-hybridized carbons (Fsp3) is 0.586. The summed E-state index contributed by atoms with van der Waals surface area (Å²) in [6, 6.07) is 21.1. The lowest BCUT2D eigenvalue weighted by atomic mass is 9.72. The molecule has 37 heavy (non-hydrogen) atoms. The summed E-state index contributed by atoms with van der Waals surface area (Å²) in [5.74, 6) is -1.12. The van der Waals surface area contributed by atoms with Crippen LogP contribution in [-0.2, 0) is 28.1 Å². The van der Waals surface area contributed by atoms with Crippen LogP contribution in [0.5, 0.6) is 0 Å². The number of epoxide rings is 1. The summed E-state index contributed by atoms with van der Waals surface area (Å²) >= 11 is 0. The Morgan fingerprint density at radius 2 is 1.49 bits per heavy atom. The third-order valence-electron chi connectivity index (χ3n) is 8.08. The molecule has 0 unspecified atom stereocenters. The third kappa shape index (κ3) is 4.61. The Kier molecular flexibility index (Phi) is 7.17. The average molecular weight is 529 g/mol. The fourth-order valence-corrected chi connectivity index (χ4v) is 10.9. The first-order valence-electron chi connectivity index (χ1n) is 13.1. The van der Waals surface area contributed by atoms with E-state index in [1.54, 1.807) is 7.11 Å². The van der Waals surface area contributed by atoms with Gasteiger partial charge in [0.2, 0.25) is 0 Å². The second-order valence-electron chi connectivity index (χ2n) is 11.9. The summed E-state index contributed by atoms with van der Waals surface area (Å²) in [7, 11) is -1.21. The highest BCUT2D eigenvalue weighted by molar-refractivity contribution is 6.99. The Balaban J connectivity index is 1.56. The maximum Gasteiger partial charge on any atom is 0.261 e. The van der Waals surface area contributed by atoms with Gasteiger partial charge in [-0.15, -0.1) is 0 Å². The molecule has 6 atom stereocenters. The number of methoxy groups -OCH3 is 1. The summed E-state index contributed by atoms with van der Waals surface area (Å²) in [6.45, 7) is 11.3. The monoisotopic (exact) mass is 528 g/mol. The van der Waals surface area contributed by atoms with Crippen LogP contribution < -0.4 is 10.4 Å². The molecule has 2 aliphatic heterocycles. The normalized spacial score (nSPS) is 32.9. The van der Waals surface area contributed by atoms with Crippen LogP contribution in [-0.4, -0.2) is 76.3 Å². The number of hydrogen-bond acceptors (Lipinski definition) is 7. The zero-order chi connectivity index (χ0) is 26.5. The maximum absolute atomic E-state index is 11.5. The first-order valence-corrected chi connectivity index (χ1v) is 15.0. The van der Waals surface area contributed by atoms with Crippen LogP contribution in [0.1, 0.15) is 34.6 Å². The number of ether oxygens (including phenoxy) is 5. The summed E-state index contributed by atoms with van der Waals surface area (Å²) in [5, 5.41) is 13.7. The molecule has 3 aliphatic rings. The SMILES string of the molecule is COCO[C@H]1[C@@H]2OC(C)(C)O[C@@H]2[C@H](O)[C@@]2(CO2)[C@H]1CO[Si](c1ccccc1)(c1ccccc1)C(C)(C)C. The van der Waals surface area contributed by atoms with E-state index in [0.29, 0.717) is 13.2 Å². The quantitative estimate of drug-likeness (QED) is 0.321. The van der Waals surface area contributed by atoms with E-state index in [2.05, 4.69) is 69.3 Å². The van der Waals surface area contributed by atoms with Crippen LogP contribution >= 0.6 is 0 Å². The van der Waals surface area contributed by atoms with Gasteiger partial charge in [-0.3, -0.25) is 0 Å². The molecule has 2 heterocycles. The molecule has 1 spiro atoms. The average Bonchev–Trinajstić information content (AvgIpc) is 3.59. The zero-order valence-corrected chi connectivity index (χ0v) is 23.7. The topological polar surface area (TPSA) is 78.9 Å². The summed E-state index contributed by atoms with van der Waals surface area (Å²) in [4.78, 5) is 0. The van der Waals surface area contributed by atoms with Gasteiger partial charge in [0.1, 0.15) is 30.7 Å². The second-order valence-corrected chi connectivity index (χ2v) is 16.2. The third-order valence-corrected chi connectivity index (χ3v) is 13.1. The first kappa shape index (κ1) is 27.0. The summed E-state index contributed by atoms with van der Waals surface area (Å²) in [5.41, 5.74) is -0.811. The van der Waals surface area contributed by atoms with Crippen molar-refractivity contribution in [3.63, 3.8) is 0 Å². The molecule has 2 aromatic rings. The van der Waals surface area contributed by atoms with Crippen LogP contribution in [0.4, 0.5) is 0 Å². The molecule has 0 radical (unpaired) electrons. The fourth-order valence-electron chi connectivity index (χ4n) is 6.36. The molecule has 5 rings (SSSR count). The predicted octanol–water partition coefficient (Wildman–Crippen LogP) is 2.83. The molecule has 1 saturated carbocycles. The molecule has 0 bridgehead atoms. The zero-order valence-electron chi connectivity index (χ0n) is 22.7. The molecular formula is C29H40O7Si. The van der Waals surface area contributed by atoms with Gasteiger partial charge in [-0.2, -0.15) is 0 Å². The van der Waals surface area contributed by atoms with Crippen molar-refractivity contribution < 1.29 is 33.2 Å². The Labute approximate surface area is 221 Å². The molecule has 1 N–H and O–H groups in total. The van der Waals surface area contributed by atoms with E-state index >= 15 is 0 Å². The molecule has 0 aromatic heterocycles. The van der Waals surface area contributed by atoms with Crippen molar-refractivity contribution in [2.45, 2.75) is 75.5 Å². The Morgan fingerprint density at radius 3 is 1.97 bits per heavy atom. The lowest BCUT2D eigenvalue weighted by molar-refractivity contribution is -0.200. The summed E-state index contributed by atoms with van der Waals surface area (Å²) < 4.78 is 37.3. The van der Waals surface area contributed by atoms with Gasteiger partial charge < -0.3 is 33.2 Å². The van der Waals surface area contributed by atoms with Crippen molar-refractivity contribution in [1.82, 2.24) is 0 Å². The van der Waals surface area contributed by atoms with Gasteiger partial charge in [0, 0.05) is 19.6 Å². The van der Waals surface area contributed by atoms with Gasteiger partial charge in [-0.05, 0) is 29.3 Å². The van der Waals surface area contributed by atoms with Crippen LogP contribution in [0.2, 0.25) is 5.04 Å². The Bertz CT molecular complexity index is 1010. The smallest absolute Gasteiger partial charge is 0.261 e. The predicted molar refractivity (Wildman–Crippen MR) is 142 cm³/mol. The van der Waals surface area contributed by atoms with E-state index in [-0.39, 0.29) is 17.7 Å². The first-order chi connectivity index (χ1) is 17.6. The molecule has 2 aromatic carbocycles. The number of aliphatic hydroxyl groups excluding tert-OH is 1. The number of hydrogen-bond donors (Lipinski definition) is 1. The Hall–Kier alpha value is -1.62. The van der Waals surface area contributed by atoms with E-state index in [4.69, 9.17) is 28.1 Å². The standard InChI is InChI=1S/C29H40O7Si/c1-27(2,3)37(20-13-9-7-10-14-20,21-15-11-8-12-16-21)34-17-22-23(32-19-31-6)24-25(36-28(4,5)35-24)26(30)29(22)18-33-29/h7-16,22-26,30H,17-19H2,1-6H3/t22-,23+,24-,25-,26-,29+/m0/s1. The minimum Gasteiger partial charge on any atom is -0.407 e. The van der Waals surface area contributed by atoms with E-state index in [0.717, 1.165) is 0 Å². The number of rotatable bonds is 8. The van der Waals surface area contributed by atoms with Crippen LogP contribution in [0.3, 0.4) is 0 Å².